The van der Waals surface area contributed by atoms with E-state index in [0.717, 1.165) is 12.1 Å². The molecule has 0 aliphatic rings. The van der Waals surface area contributed by atoms with Crippen molar-refractivity contribution in [1.29, 1.82) is 0 Å². The molecule has 0 saturated carbocycles. The van der Waals surface area contributed by atoms with Gasteiger partial charge in [0.1, 0.15) is 0 Å². The average Bonchev–Trinajstić information content (AvgIpc) is 2.29. The van der Waals surface area contributed by atoms with Gasteiger partial charge in [-0.3, -0.25) is 0 Å². The normalized spacial score (nSPS) is 13.7. The molecular weight excluding hydrogens is 231 g/mol. The second kappa shape index (κ2) is 6.02. The number of alkyl halides is 3. The van der Waals surface area contributed by atoms with Gasteiger partial charge in [-0.15, -0.1) is 0 Å². The minimum atomic E-state index is -4.31. The van der Waals surface area contributed by atoms with E-state index in [-0.39, 0.29) is 6.10 Å². The van der Waals surface area contributed by atoms with Crippen LogP contribution >= 0.6 is 0 Å². The molecule has 96 valence electrons. The van der Waals surface area contributed by atoms with Crippen molar-refractivity contribution < 1.29 is 17.9 Å². The maximum atomic E-state index is 12.5. The predicted octanol–water partition coefficient (Wildman–Crippen LogP) is 3.00. The SMILES string of the molecule is CNCCC(OC)c1cccc(C(F)(F)F)c1. The Morgan fingerprint density at radius 3 is 2.59 bits per heavy atom. The number of benzene rings is 1. The quantitative estimate of drug-likeness (QED) is 0.863. The van der Waals surface area contributed by atoms with Gasteiger partial charge in [-0.2, -0.15) is 13.2 Å². The Balaban J connectivity index is 2.89. The average molecular weight is 247 g/mol. The van der Waals surface area contributed by atoms with Crippen LogP contribution < -0.4 is 5.32 Å². The maximum Gasteiger partial charge on any atom is 0.416 e. The molecule has 0 aromatic heterocycles. The lowest BCUT2D eigenvalue weighted by Crippen LogP contribution is -2.14. The minimum Gasteiger partial charge on any atom is -0.377 e. The smallest absolute Gasteiger partial charge is 0.377 e. The summed E-state index contributed by atoms with van der Waals surface area (Å²) in [5.41, 5.74) is -0.0842. The van der Waals surface area contributed by atoms with Crippen molar-refractivity contribution in [1.82, 2.24) is 5.32 Å². The molecule has 5 heteroatoms. The van der Waals surface area contributed by atoms with Gasteiger partial charge in [0.05, 0.1) is 11.7 Å². The fraction of sp³-hybridized carbons (Fsp3) is 0.500. The topological polar surface area (TPSA) is 21.3 Å². The molecule has 0 aliphatic carbocycles. The molecule has 1 aromatic rings. The lowest BCUT2D eigenvalue weighted by Gasteiger charge is -2.17. The van der Waals surface area contributed by atoms with E-state index in [2.05, 4.69) is 5.32 Å². The van der Waals surface area contributed by atoms with E-state index in [1.807, 2.05) is 0 Å². The highest BCUT2D eigenvalue weighted by molar-refractivity contribution is 5.27. The van der Waals surface area contributed by atoms with Gasteiger partial charge in [0.15, 0.2) is 0 Å². The molecule has 0 heterocycles. The third-order valence-electron chi connectivity index (χ3n) is 2.53. The first-order valence-corrected chi connectivity index (χ1v) is 5.33. The summed E-state index contributed by atoms with van der Waals surface area (Å²) in [4.78, 5) is 0. The Labute approximate surface area is 98.8 Å². The zero-order valence-electron chi connectivity index (χ0n) is 9.84. The molecule has 0 aliphatic heterocycles. The van der Waals surface area contributed by atoms with E-state index in [1.54, 1.807) is 13.1 Å². The monoisotopic (exact) mass is 247 g/mol. The number of ether oxygens (including phenoxy) is 1. The van der Waals surface area contributed by atoms with Crippen LogP contribution in [0.5, 0.6) is 0 Å². The van der Waals surface area contributed by atoms with Crippen LogP contribution in [0.2, 0.25) is 0 Å². The van der Waals surface area contributed by atoms with Crippen molar-refractivity contribution in [2.75, 3.05) is 20.7 Å². The molecular formula is C12H16F3NO. The Morgan fingerprint density at radius 2 is 2.06 bits per heavy atom. The van der Waals surface area contributed by atoms with Gasteiger partial charge >= 0.3 is 6.18 Å². The third kappa shape index (κ3) is 4.02. The summed E-state index contributed by atoms with van der Waals surface area (Å²) in [7, 11) is 3.29. The predicted molar refractivity (Wildman–Crippen MR) is 59.7 cm³/mol. The van der Waals surface area contributed by atoms with Gasteiger partial charge in [0.2, 0.25) is 0 Å². The largest absolute Gasteiger partial charge is 0.416 e. The molecule has 0 amide bonds. The summed E-state index contributed by atoms with van der Waals surface area (Å²) in [5, 5.41) is 2.94. The molecule has 0 fully saturated rings. The van der Waals surface area contributed by atoms with Crippen LogP contribution in [0.1, 0.15) is 23.7 Å². The van der Waals surface area contributed by atoms with E-state index < -0.39 is 11.7 Å². The Morgan fingerprint density at radius 1 is 1.35 bits per heavy atom. The lowest BCUT2D eigenvalue weighted by molar-refractivity contribution is -0.137. The summed E-state index contributed by atoms with van der Waals surface area (Å²) in [5.74, 6) is 0. The highest BCUT2D eigenvalue weighted by atomic mass is 19.4. The summed E-state index contributed by atoms with van der Waals surface area (Å²) in [6, 6.07) is 5.26. The van der Waals surface area contributed by atoms with Crippen molar-refractivity contribution in [3.05, 3.63) is 35.4 Å². The van der Waals surface area contributed by atoms with Crippen LogP contribution in [0.25, 0.3) is 0 Å². The van der Waals surface area contributed by atoms with Crippen molar-refractivity contribution in [3.63, 3.8) is 0 Å². The third-order valence-corrected chi connectivity index (χ3v) is 2.53. The van der Waals surface area contributed by atoms with Crippen LogP contribution in [0.15, 0.2) is 24.3 Å². The van der Waals surface area contributed by atoms with E-state index >= 15 is 0 Å². The summed E-state index contributed by atoms with van der Waals surface area (Å²) in [6.07, 6.45) is -3.99. The number of nitrogens with one attached hydrogen (secondary N) is 1. The molecule has 17 heavy (non-hydrogen) atoms. The number of methoxy groups -OCH3 is 1. The van der Waals surface area contributed by atoms with Crippen LogP contribution in [0.3, 0.4) is 0 Å². The van der Waals surface area contributed by atoms with Crippen LogP contribution in [0.4, 0.5) is 13.2 Å². The molecule has 0 saturated heterocycles. The second-order valence-electron chi connectivity index (χ2n) is 3.74. The molecule has 2 nitrogen and oxygen atoms in total. The van der Waals surface area contributed by atoms with E-state index in [9.17, 15) is 13.2 Å². The van der Waals surface area contributed by atoms with E-state index in [4.69, 9.17) is 4.74 Å². The van der Waals surface area contributed by atoms with E-state index in [1.165, 1.54) is 13.2 Å². The summed E-state index contributed by atoms with van der Waals surface area (Å²) in [6.45, 7) is 0.689. The van der Waals surface area contributed by atoms with Gasteiger partial charge in [0, 0.05) is 7.11 Å². The van der Waals surface area contributed by atoms with Crippen LogP contribution in [-0.4, -0.2) is 20.7 Å². The zero-order valence-corrected chi connectivity index (χ0v) is 9.84. The molecule has 1 unspecified atom stereocenters. The molecule has 1 atom stereocenters. The standard InChI is InChI=1S/C12H16F3NO/c1-16-7-6-11(17-2)9-4-3-5-10(8-9)12(13,14)15/h3-5,8,11,16H,6-7H2,1-2H3. The summed E-state index contributed by atoms with van der Waals surface area (Å²) >= 11 is 0. The highest BCUT2D eigenvalue weighted by Crippen LogP contribution is 2.31. The van der Waals surface area contributed by atoms with Gasteiger partial charge in [-0.1, -0.05) is 12.1 Å². The zero-order chi connectivity index (χ0) is 12.9. The first kappa shape index (κ1) is 14.0. The first-order valence-electron chi connectivity index (χ1n) is 5.33. The fourth-order valence-corrected chi connectivity index (χ4v) is 1.61. The Hall–Kier alpha value is -1.07. The van der Waals surface area contributed by atoms with Crippen molar-refractivity contribution in [2.45, 2.75) is 18.7 Å². The van der Waals surface area contributed by atoms with Gasteiger partial charge < -0.3 is 10.1 Å². The van der Waals surface area contributed by atoms with Crippen LogP contribution in [0, 0.1) is 0 Å². The van der Waals surface area contributed by atoms with Gasteiger partial charge in [-0.25, -0.2) is 0 Å². The number of rotatable bonds is 5. The molecule has 0 bridgehead atoms. The van der Waals surface area contributed by atoms with Crippen molar-refractivity contribution in [3.8, 4) is 0 Å². The first-order chi connectivity index (χ1) is 7.99. The Kier molecular flexibility index (Phi) is 4.96. The van der Waals surface area contributed by atoms with Gasteiger partial charge in [0.25, 0.3) is 0 Å². The molecule has 0 radical (unpaired) electrons. The molecule has 1 aromatic carbocycles. The number of halogens is 3. The lowest BCUT2D eigenvalue weighted by atomic mass is 10.0. The van der Waals surface area contributed by atoms with Gasteiger partial charge in [-0.05, 0) is 37.7 Å². The summed E-state index contributed by atoms with van der Waals surface area (Å²) < 4.78 is 42.8. The highest BCUT2D eigenvalue weighted by Gasteiger charge is 2.30. The molecule has 1 rings (SSSR count). The van der Waals surface area contributed by atoms with Crippen molar-refractivity contribution >= 4 is 0 Å². The second-order valence-corrected chi connectivity index (χ2v) is 3.74. The minimum absolute atomic E-state index is 0.315. The molecule has 1 N–H and O–H groups in total. The maximum absolute atomic E-state index is 12.5. The Bertz CT molecular complexity index is 352. The number of hydrogen-bond donors (Lipinski definition) is 1. The van der Waals surface area contributed by atoms with Crippen LogP contribution in [-0.2, 0) is 10.9 Å². The number of hydrogen-bond acceptors (Lipinski definition) is 2. The van der Waals surface area contributed by atoms with E-state index in [0.29, 0.717) is 18.5 Å². The fourth-order valence-electron chi connectivity index (χ4n) is 1.61. The van der Waals surface area contributed by atoms with Crippen molar-refractivity contribution in [2.24, 2.45) is 0 Å². The molecule has 0 spiro atoms.